The second-order valence-electron chi connectivity index (χ2n) is 9.43. The lowest BCUT2D eigenvalue weighted by Gasteiger charge is -2.36. The van der Waals surface area contributed by atoms with Gasteiger partial charge in [0.15, 0.2) is 0 Å². The number of piperidine rings is 1. The van der Waals surface area contributed by atoms with Crippen molar-refractivity contribution in [2.75, 3.05) is 38.7 Å². The van der Waals surface area contributed by atoms with E-state index in [4.69, 9.17) is 21.1 Å². The van der Waals surface area contributed by atoms with Crippen LogP contribution in [0.4, 0.5) is 10.1 Å². The van der Waals surface area contributed by atoms with Gasteiger partial charge >= 0.3 is 0 Å². The average molecular weight is 490 g/mol. The Labute approximate surface area is 205 Å². The predicted octanol–water partition coefficient (Wildman–Crippen LogP) is 4.65. The molecule has 184 valence electrons. The number of nitrogens with one attached hydrogen (secondary N) is 2. The SMILES string of the molecule is COC1(CNc2cc(-c3cc(CC(=O)[C@@H]4CC[C@@H](C)NC4)ncc3Cl)ccc2F)CCOCC1. The largest absolute Gasteiger partial charge is 0.381 e. The Bertz CT molecular complexity index is 1000. The maximum Gasteiger partial charge on any atom is 0.146 e. The van der Waals surface area contributed by atoms with E-state index in [1.54, 1.807) is 25.4 Å². The Kier molecular flexibility index (Phi) is 8.19. The minimum absolute atomic E-state index is 0.0112. The summed E-state index contributed by atoms with van der Waals surface area (Å²) in [4.78, 5) is 17.2. The molecule has 3 heterocycles. The number of rotatable bonds is 8. The number of ketones is 1. The first-order valence-electron chi connectivity index (χ1n) is 12.0. The van der Waals surface area contributed by atoms with Crippen molar-refractivity contribution in [2.45, 2.75) is 50.7 Å². The highest BCUT2D eigenvalue weighted by Crippen LogP contribution is 2.32. The van der Waals surface area contributed by atoms with Gasteiger partial charge in [-0.3, -0.25) is 9.78 Å². The molecule has 2 fully saturated rings. The third-order valence-electron chi connectivity index (χ3n) is 7.10. The highest BCUT2D eigenvalue weighted by molar-refractivity contribution is 6.33. The number of nitrogens with zero attached hydrogens (tertiary/aromatic N) is 1. The van der Waals surface area contributed by atoms with Gasteiger partial charge in [-0.05, 0) is 43.5 Å². The van der Waals surface area contributed by atoms with Gasteiger partial charge in [0.2, 0.25) is 0 Å². The summed E-state index contributed by atoms with van der Waals surface area (Å²) in [6.45, 7) is 4.58. The van der Waals surface area contributed by atoms with Gasteiger partial charge in [0.25, 0.3) is 0 Å². The molecule has 2 aliphatic heterocycles. The first kappa shape index (κ1) is 25.0. The summed E-state index contributed by atoms with van der Waals surface area (Å²) in [7, 11) is 1.68. The van der Waals surface area contributed by atoms with Crippen molar-refractivity contribution in [3.63, 3.8) is 0 Å². The van der Waals surface area contributed by atoms with Crippen molar-refractivity contribution < 1.29 is 18.7 Å². The average Bonchev–Trinajstić information content (AvgIpc) is 2.86. The number of hydrogen-bond donors (Lipinski definition) is 2. The topological polar surface area (TPSA) is 72.5 Å². The number of ether oxygens (including phenoxy) is 2. The number of carbonyl (C=O) groups is 1. The molecule has 2 saturated heterocycles. The number of carbonyl (C=O) groups excluding carboxylic acids is 1. The normalized spacial score (nSPS) is 22.4. The molecular formula is C26H33ClFN3O3. The maximum atomic E-state index is 14.6. The molecule has 0 aliphatic carbocycles. The van der Waals surface area contributed by atoms with Gasteiger partial charge in [-0.25, -0.2) is 4.39 Å². The summed E-state index contributed by atoms with van der Waals surface area (Å²) in [5, 5.41) is 7.06. The summed E-state index contributed by atoms with van der Waals surface area (Å²) >= 11 is 6.46. The lowest BCUT2D eigenvalue weighted by molar-refractivity contribution is -0.122. The molecule has 4 rings (SSSR count). The van der Waals surface area contributed by atoms with Gasteiger partial charge in [0.05, 0.1) is 16.3 Å². The number of benzene rings is 1. The molecule has 34 heavy (non-hydrogen) atoms. The number of aromatic nitrogens is 1. The van der Waals surface area contributed by atoms with E-state index < -0.39 is 0 Å². The molecule has 2 atom stereocenters. The van der Waals surface area contributed by atoms with E-state index in [-0.39, 0.29) is 29.5 Å². The molecular weight excluding hydrogens is 457 g/mol. The molecule has 8 heteroatoms. The molecule has 2 N–H and O–H groups in total. The van der Waals surface area contributed by atoms with Crippen LogP contribution in [0.3, 0.4) is 0 Å². The zero-order valence-corrected chi connectivity index (χ0v) is 20.6. The molecule has 6 nitrogen and oxygen atoms in total. The van der Waals surface area contributed by atoms with Crippen LogP contribution in [0.15, 0.2) is 30.5 Å². The molecule has 0 radical (unpaired) electrons. The van der Waals surface area contributed by atoms with E-state index in [1.165, 1.54) is 6.07 Å². The van der Waals surface area contributed by atoms with Gasteiger partial charge in [-0.1, -0.05) is 17.7 Å². The Balaban J connectivity index is 1.49. The van der Waals surface area contributed by atoms with Crippen molar-refractivity contribution in [1.82, 2.24) is 10.3 Å². The summed E-state index contributed by atoms with van der Waals surface area (Å²) in [6, 6.07) is 7.16. The predicted molar refractivity (Wildman–Crippen MR) is 132 cm³/mol. The molecule has 0 saturated carbocycles. The molecule has 2 aliphatic rings. The first-order valence-corrected chi connectivity index (χ1v) is 12.3. The van der Waals surface area contributed by atoms with Crippen LogP contribution in [0.2, 0.25) is 5.02 Å². The van der Waals surface area contributed by atoms with Gasteiger partial charge < -0.3 is 20.1 Å². The quantitative estimate of drug-likeness (QED) is 0.562. The number of halogens is 2. The monoisotopic (exact) mass is 489 g/mol. The molecule has 0 unspecified atom stereocenters. The van der Waals surface area contributed by atoms with Crippen molar-refractivity contribution in [2.24, 2.45) is 5.92 Å². The molecule has 1 aromatic carbocycles. The van der Waals surface area contributed by atoms with Gasteiger partial charge in [-0.15, -0.1) is 0 Å². The fourth-order valence-corrected chi connectivity index (χ4v) is 4.89. The Hall–Kier alpha value is -2.06. The molecule has 1 aromatic heterocycles. The van der Waals surface area contributed by atoms with Crippen LogP contribution >= 0.6 is 11.6 Å². The highest BCUT2D eigenvalue weighted by atomic mass is 35.5. The Morgan fingerprint density at radius 1 is 1.32 bits per heavy atom. The Morgan fingerprint density at radius 2 is 2.12 bits per heavy atom. The standard InChI is InChI=1S/C26H33ClFN3O3/c1-17-3-4-19(14-29-17)25(32)13-20-12-21(22(27)15-30-20)18-5-6-23(28)24(11-18)31-16-26(33-2)7-9-34-10-8-26/h5-6,11-12,15,17,19,29,31H,3-4,7-10,13-14,16H2,1-2H3/t17-,19-/m1/s1. The molecule has 0 spiro atoms. The number of hydrogen-bond acceptors (Lipinski definition) is 6. The van der Waals surface area contributed by atoms with Crippen molar-refractivity contribution in [3.05, 3.63) is 47.0 Å². The van der Waals surface area contributed by atoms with E-state index in [1.807, 2.05) is 6.07 Å². The number of anilines is 1. The van der Waals surface area contributed by atoms with Crippen molar-refractivity contribution in [1.29, 1.82) is 0 Å². The molecule has 2 aromatic rings. The maximum absolute atomic E-state index is 14.6. The summed E-state index contributed by atoms with van der Waals surface area (Å²) < 4.78 is 25.8. The van der Waals surface area contributed by atoms with E-state index in [9.17, 15) is 9.18 Å². The van der Waals surface area contributed by atoms with E-state index in [2.05, 4.69) is 22.5 Å². The van der Waals surface area contributed by atoms with E-state index in [0.29, 0.717) is 48.7 Å². The van der Waals surface area contributed by atoms with Gasteiger partial charge in [-0.2, -0.15) is 0 Å². The number of Topliss-reactive ketones (excluding diaryl/α,β-unsaturated/α-hetero) is 1. The molecule has 0 bridgehead atoms. The molecule has 0 amide bonds. The zero-order valence-electron chi connectivity index (χ0n) is 19.8. The van der Waals surface area contributed by atoms with Gasteiger partial charge in [0, 0.05) is 82.1 Å². The van der Waals surface area contributed by atoms with E-state index in [0.717, 1.165) is 36.8 Å². The van der Waals surface area contributed by atoms with Crippen LogP contribution in [-0.2, 0) is 20.7 Å². The second kappa shape index (κ2) is 11.1. The fourth-order valence-electron chi connectivity index (χ4n) is 4.68. The smallest absolute Gasteiger partial charge is 0.146 e. The van der Waals surface area contributed by atoms with Crippen LogP contribution in [0.25, 0.3) is 11.1 Å². The minimum atomic E-state index is -0.381. The van der Waals surface area contributed by atoms with Crippen molar-refractivity contribution in [3.8, 4) is 11.1 Å². The second-order valence-corrected chi connectivity index (χ2v) is 9.84. The highest BCUT2D eigenvalue weighted by Gasteiger charge is 2.32. The number of methoxy groups -OCH3 is 1. The minimum Gasteiger partial charge on any atom is -0.381 e. The lowest BCUT2D eigenvalue weighted by Crippen LogP contribution is -2.44. The van der Waals surface area contributed by atoms with Gasteiger partial charge in [0.1, 0.15) is 11.6 Å². The first-order chi connectivity index (χ1) is 16.4. The fraction of sp³-hybridized carbons (Fsp3) is 0.538. The summed E-state index contributed by atoms with van der Waals surface area (Å²) in [5.41, 5.74) is 2.16. The van der Waals surface area contributed by atoms with Crippen LogP contribution < -0.4 is 10.6 Å². The van der Waals surface area contributed by atoms with Crippen molar-refractivity contribution >= 4 is 23.1 Å². The van der Waals surface area contributed by atoms with Crippen LogP contribution in [-0.4, -0.2) is 55.8 Å². The number of pyridine rings is 1. The third-order valence-corrected chi connectivity index (χ3v) is 7.40. The summed E-state index contributed by atoms with van der Waals surface area (Å²) in [6.07, 6.45) is 5.23. The van der Waals surface area contributed by atoms with Crippen LogP contribution in [0.1, 0.15) is 38.3 Å². The zero-order chi connectivity index (χ0) is 24.1. The van der Waals surface area contributed by atoms with Crippen LogP contribution in [0.5, 0.6) is 0 Å². The lowest BCUT2D eigenvalue weighted by atomic mass is 9.89. The Morgan fingerprint density at radius 3 is 2.82 bits per heavy atom. The van der Waals surface area contributed by atoms with Crippen LogP contribution in [0, 0.1) is 11.7 Å². The third kappa shape index (κ3) is 5.95. The summed E-state index contributed by atoms with van der Waals surface area (Å²) in [5.74, 6) is -0.151. The van der Waals surface area contributed by atoms with E-state index >= 15 is 0 Å².